The molecule has 4 nitrogen and oxygen atoms in total. The summed E-state index contributed by atoms with van der Waals surface area (Å²) in [5.74, 6) is 3.41. The molecule has 0 spiro atoms. The molecule has 4 heteroatoms. The van der Waals surface area contributed by atoms with Gasteiger partial charge in [-0.25, -0.2) is 0 Å². The van der Waals surface area contributed by atoms with Crippen molar-refractivity contribution in [2.45, 2.75) is 0 Å². The van der Waals surface area contributed by atoms with E-state index in [0.29, 0.717) is 0 Å². The van der Waals surface area contributed by atoms with Crippen LogP contribution in [0.1, 0.15) is 0 Å². The Kier molecular flexibility index (Phi) is 4.57. The molecule has 0 saturated heterocycles. The highest BCUT2D eigenvalue weighted by Gasteiger charge is 2.26. The van der Waals surface area contributed by atoms with E-state index in [1.807, 2.05) is 0 Å². The molecule has 0 aromatic heterocycles. The third-order valence-corrected chi connectivity index (χ3v) is 9.31. The quantitative estimate of drug-likeness (QED) is 0.163. The van der Waals surface area contributed by atoms with Crippen molar-refractivity contribution in [2.75, 3.05) is 28.4 Å². The lowest BCUT2D eigenvalue weighted by atomic mass is 9.81. The number of hydrogen-bond acceptors (Lipinski definition) is 4. The summed E-state index contributed by atoms with van der Waals surface area (Å²) in [5.41, 5.74) is 0. The highest BCUT2D eigenvalue weighted by molar-refractivity contribution is 6.49. The molecule has 9 aromatic carbocycles. The van der Waals surface area contributed by atoms with Gasteiger partial charge < -0.3 is 18.9 Å². The van der Waals surface area contributed by atoms with E-state index in [4.69, 9.17) is 18.9 Å². The molecule has 0 heterocycles. The van der Waals surface area contributed by atoms with E-state index >= 15 is 0 Å². The maximum atomic E-state index is 6.10. The van der Waals surface area contributed by atoms with Crippen LogP contribution >= 0.6 is 0 Å². The molecule has 9 rings (SSSR count). The third kappa shape index (κ3) is 2.63. The predicted octanol–water partition coefficient (Wildman–Crippen LogP) is 9.82. The Morgan fingerprint density at radius 1 is 0.286 bits per heavy atom. The molecule has 0 radical (unpaired) electrons. The molecule has 202 valence electrons. The van der Waals surface area contributed by atoms with Gasteiger partial charge in [-0.2, -0.15) is 0 Å². The Bertz CT molecular complexity index is 2370. The van der Waals surface area contributed by atoms with Crippen molar-refractivity contribution in [3.05, 3.63) is 84.9 Å². The zero-order valence-electron chi connectivity index (χ0n) is 23.7. The second-order valence-electron chi connectivity index (χ2n) is 11.0. The average Bonchev–Trinajstić information content (AvgIpc) is 3.04. The van der Waals surface area contributed by atoms with Crippen molar-refractivity contribution < 1.29 is 18.9 Å². The van der Waals surface area contributed by atoms with Crippen LogP contribution in [-0.4, -0.2) is 28.4 Å². The summed E-state index contributed by atoms with van der Waals surface area (Å²) in [6, 6.07) is 30.2. The topological polar surface area (TPSA) is 36.9 Å². The number of hydrogen-bond donors (Lipinski definition) is 0. The normalized spacial score (nSPS) is 12.3. The molecular formula is C38H26O4. The van der Waals surface area contributed by atoms with Crippen molar-refractivity contribution in [3.8, 4) is 23.0 Å². The van der Waals surface area contributed by atoms with Crippen LogP contribution in [0.4, 0.5) is 0 Å². The van der Waals surface area contributed by atoms with E-state index in [0.717, 1.165) is 76.9 Å². The maximum Gasteiger partial charge on any atom is 0.127 e. The number of methoxy groups -OCH3 is 4. The van der Waals surface area contributed by atoms with Gasteiger partial charge in [0.1, 0.15) is 23.0 Å². The molecular weight excluding hydrogens is 520 g/mol. The smallest absolute Gasteiger partial charge is 0.127 e. The number of ether oxygens (including phenoxy) is 4. The summed E-state index contributed by atoms with van der Waals surface area (Å²) < 4.78 is 24.2. The second kappa shape index (κ2) is 8.17. The molecule has 0 amide bonds. The van der Waals surface area contributed by atoms with E-state index in [2.05, 4.69) is 84.9 Å². The standard InChI is InChI=1S/C38H26O4/c1-39-25-15-11-19-13-17-27(41-3)37-29(19)33(25)21-7-5-9-23-31(21)35(37)24-10-6-8-22-32(24)36(23)38-28(42-4)18-14-20-12-16-26(40-2)34(22)30(20)38/h5-18H,1-4H3. The van der Waals surface area contributed by atoms with Crippen molar-refractivity contribution in [1.82, 2.24) is 0 Å². The molecule has 42 heavy (non-hydrogen) atoms. The minimum atomic E-state index is 0.849. The monoisotopic (exact) mass is 546 g/mol. The van der Waals surface area contributed by atoms with E-state index in [9.17, 15) is 0 Å². The summed E-state index contributed by atoms with van der Waals surface area (Å²) in [4.78, 5) is 0. The van der Waals surface area contributed by atoms with Crippen molar-refractivity contribution in [1.29, 1.82) is 0 Å². The first-order chi connectivity index (χ1) is 20.7. The summed E-state index contributed by atoms with van der Waals surface area (Å²) in [6.07, 6.45) is 0. The van der Waals surface area contributed by atoms with Crippen LogP contribution in [0, 0.1) is 0 Å². The summed E-state index contributed by atoms with van der Waals surface area (Å²) in [7, 11) is 7.01. The third-order valence-electron chi connectivity index (χ3n) is 9.31. The molecule has 0 aliphatic carbocycles. The lowest BCUT2D eigenvalue weighted by molar-refractivity contribution is 0.419. The van der Waals surface area contributed by atoms with E-state index in [1.165, 1.54) is 32.3 Å². The molecule has 0 atom stereocenters. The van der Waals surface area contributed by atoms with Crippen LogP contribution < -0.4 is 18.9 Å². The van der Waals surface area contributed by atoms with Crippen molar-refractivity contribution >= 4 is 86.2 Å². The Morgan fingerprint density at radius 3 is 0.929 bits per heavy atom. The largest absolute Gasteiger partial charge is 0.496 e. The van der Waals surface area contributed by atoms with E-state index in [-0.39, 0.29) is 0 Å². The lowest BCUT2D eigenvalue weighted by Gasteiger charge is -2.23. The van der Waals surface area contributed by atoms with Gasteiger partial charge in [0.05, 0.1) is 28.4 Å². The predicted molar refractivity (Wildman–Crippen MR) is 175 cm³/mol. The summed E-state index contributed by atoms with van der Waals surface area (Å²) >= 11 is 0. The molecule has 0 bridgehead atoms. The molecule has 0 aliphatic rings. The first-order valence-electron chi connectivity index (χ1n) is 14.1. The molecule has 0 fully saturated rings. The number of benzene rings is 9. The first-order valence-corrected chi connectivity index (χ1v) is 14.1. The van der Waals surface area contributed by atoms with Gasteiger partial charge >= 0.3 is 0 Å². The van der Waals surface area contributed by atoms with Crippen molar-refractivity contribution in [3.63, 3.8) is 0 Å². The first kappa shape index (κ1) is 23.5. The molecule has 0 N–H and O–H groups in total. The fourth-order valence-electron chi connectivity index (χ4n) is 7.74. The van der Waals surface area contributed by atoms with Crippen LogP contribution in [-0.2, 0) is 0 Å². The van der Waals surface area contributed by atoms with E-state index in [1.54, 1.807) is 28.4 Å². The van der Waals surface area contributed by atoms with E-state index < -0.39 is 0 Å². The van der Waals surface area contributed by atoms with Crippen LogP contribution in [0.5, 0.6) is 23.0 Å². The van der Waals surface area contributed by atoms with Gasteiger partial charge in [-0.15, -0.1) is 0 Å². The second-order valence-corrected chi connectivity index (χ2v) is 11.0. The Morgan fingerprint density at radius 2 is 0.595 bits per heavy atom. The van der Waals surface area contributed by atoms with Gasteiger partial charge in [0.2, 0.25) is 0 Å². The minimum absolute atomic E-state index is 0.849. The molecule has 0 aliphatic heterocycles. The minimum Gasteiger partial charge on any atom is -0.496 e. The van der Waals surface area contributed by atoms with Crippen LogP contribution in [0.15, 0.2) is 84.9 Å². The Labute approximate surface area is 241 Å². The van der Waals surface area contributed by atoms with Gasteiger partial charge in [-0.3, -0.25) is 0 Å². The zero-order chi connectivity index (χ0) is 28.3. The molecule has 0 saturated carbocycles. The van der Waals surface area contributed by atoms with Gasteiger partial charge in [-0.05, 0) is 67.4 Å². The van der Waals surface area contributed by atoms with Gasteiger partial charge in [0.15, 0.2) is 0 Å². The van der Waals surface area contributed by atoms with Crippen molar-refractivity contribution in [2.24, 2.45) is 0 Å². The highest BCUT2D eigenvalue weighted by atomic mass is 16.5. The average molecular weight is 547 g/mol. The number of fused-ring (bicyclic) bond motifs is 6. The Balaban J connectivity index is 1.75. The maximum absolute atomic E-state index is 6.10. The number of rotatable bonds is 4. The van der Waals surface area contributed by atoms with Crippen LogP contribution in [0.3, 0.4) is 0 Å². The fraction of sp³-hybridized carbons (Fsp3) is 0.105. The van der Waals surface area contributed by atoms with Crippen LogP contribution in [0.25, 0.3) is 86.2 Å². The lowest BCUT2D eigenvalue weighted by Crippen LogP contribution is -1.97. The zero-order valence-corrected chi connectivity index (χ0v) is 23.7. The van der Waals surface area contributed by atoms with Gasteiger partial charge in [0.25, 0.3) is 0 Å². The van der Waals surface area contributed by atoms with Gasteiger partial charge in [0, 0.05) is 43.1 Å². The fourth-order valence-corrected chi connectivity index (χ4v) is 7.74. The van der Waals surface area contributed by atoms with Crippen LogP contribution in [0.2, 0.25) is 0 Å². The molecule has 9 aromatic rings. The SMILES string of the molecule is COc1ccc2ccc(OC)c3c2c1c1cccc2c1c3c1cccc3c4c(OC)ccc5ccc(OC)c(c54)c2c31. The Hall–Kier alpha value is -5.22. The molecule has 0 unspecified atom stereocenters. The summed E-state index contributed by atoms with van der Waals surface area (Å²) in [5, 5.41) is 18.5. The summed E-state index contributed by atoms with van der Waals surface area (Å²) in [6.45, 7) is 0. The van der Waals surface area contributed by atoms with Gasteiger partial charge in [-0.1, -0.05) is 60.7 Å². The highest BCUT2D eigenvalue weighted by Crippen LogP contribution is 2.54.